The first-order valence-electron chi connectivity index (χ1n) is 11.5. The van der Waals surface area contributed by atoms with E-state index in [-0.39, 0.29) is 24.6 Å². The maximum absolute atomic E-state index is 13.5. The van der Waals surface area contributed by atoms with E-state index in [1.165, 1.54) is 4.57 Å². The number of anilines is 1. The summed E-state index contributed by atoms with van der Waals surface area (Å²) in [5.41, 5.74) is 1.29. The Kier molecular flexibility index (Phi) is 7.80. The zero-order chi connectivity index (χ0) is 26.0. The Hall–Kier alpha value is -3.17. The number of nitrogens with zero attached hydrogens (tertiary/aromatic N) is 4. The number of halogens is 2. The van der Waals surface area contributed by atoms with Gasteiger partial charge in [-0.15, -0.1) is 6.58 Å². The van der Waals surface area contributed by atoms with Gasteiger partial charge in [-0.3, -0.25) is 19.0 Å². The number of pyridine rings is 2. The Balaban J connectivity index is 1.78. The topological polar surface area (TPSA) is 87.5 Å². The summed E-state index contributed by atoms with van der Waals surface area (Å²) in [4.78, 5) is 47.8. The van der Waals surface area contributed by atoms with Crippen molar-refractivity contribution in [3.63, 3.8) is 0 Å². The molecule has 3 heterocycles. The molecule has 0 unspecified atom stereocenters. The van der Waals surface area contributed by atoms with Crippen LogP contribution in [0.5, 0.6) is 0 Å². The molecule has 2 amide bonds. The molecule has 1 saturated heterocycles. The maximum atomic E-state index is 13.5. The molecule has 3 aromatic rings. The number of carbonyl (C=O) groups excluding carboxylic acids is 2. The van der Waals surface area contributed by atoms with Crippen LogP contribution in [0.1, 0.15) is 22.8 Å². The highest BCUT2D eigenvalue weighted by atomic mass is 79.9. The van der Waals surface area contributed by atoms with Gasteiger partial charge in [0.2, 0.25) is 5.91 Å². The fraction of sp³-hybridized carbons (Fsp3) is 0.308. The van der Waals surface area contributed by atoms with Crippen LogP contribution in [0.25, 0.3) is 11.0 Å². The van der Waals surface area contributed by atoms with E-state index in [4.69, 9.17) is 11.6 Å². The van der Waals surface area contributed by atoms with Crippen molar-refractivity contribution in [3.8, 4) is 0 Å². The lowest BCUT2D eigenvalue weighted by Gasteiger charge is -2.37. The van der Waals surface area contributed by atoms with Crippen LogP contribution in [0.3, 0.4) is 0 Å². The number of hydrogen-bond donors (Lipinski definition) is 1. The minimum absolute atomic E-state index is 0.0607. The van der Waals surface area contributed by atoms with Crippen molar-refractivity contribution in [1.29, 1.82) is 0 Å². The quantitative estimate of drug-likeness (QED) is 0.415. The Labute approximate surface area is 222 Å². The van der Waals surface area contributed by atoms with E-state index in [9.17, 15) is 14.4 Å². The summed E-state index contributed by atoms with van der Waals surface area (Å²) in [7, 11) is 1.88. The Bertz CT molecular complexity index is 1380. The molecule has 1 aliphatic rings. The summed E-state index contributed by atoms with van der Waals surface area (Å²) < 4.78 is 2.00. The molecule has 1 fully saturated rings. The lowest BCUT2D eigenvalue weighted by atomic mass is 10.0. The second kappa shape index (κ2) is 10.8. The van der Waals surface area contributed by atoms with Crippen LogP contribution in [0, 0.1) is 5.92 Å². The second-order valence-electron chi connectivity index (χ2n) is 9.02. The van der Waals surface area contributed by atoms with Gasteiger partial charge in [0.15, 0.2) is 0 Å². The number of benzene rings is 1. The predicted molar refractivity (Wildman–Crippen MR) is 146 cm³/mol. The SMILES string of the molecule is C=CCN(C)c1c(Br)cnc2c1cc(C(=O)NCc1ccc(Cl)cc1)c(=O)n2CC(=O)N1CC(C)C1. The van der Waals surface area contributed by atoms with Gasteiger partial charge in [-0.2, -0.15) is 0 Å². The lowest BCUT2D eigenvalue weighted by Crippen LogP contribution is -2.50. The third kappa shape index (κ3) is 5.32. The van der Waals surface area contributed by atoms with Crippen molar-refractivity contribution >= 4 is 56.1 Å². The van der Waals surface area contributed by atoms with E-state index in [2.05, 4.69) is 39.7 Å². The van der Waals surface area contributed by atoms with Crippen LogP contribution in [0.4, 0.5) is 5.69 Å². The standard InChI is InChI=1S/C26H27BrClN5O3/c1-4-9-31(3)23-19-10-20(25(35)30-11-17-5-7-18(28)8-6-17)26(36)33(24(19)29-12-21(23)27)15-22(34)32-13-16(2)14-32/h4-8,10,12,16H,1,9,11,13-15H2,2-3H3,(H,30,35). The van der Waals surface area contributed by atoms with Crippen LogP contribution < -0.4 is 15.8 Å². The molecule has 10 heteroatoms. The van der Waals surface area contributed by atoms with Gasteiger partial charge in [0, 0.05) is 49.8 Å². The van der Waals surface area contributed by atoms with Crippen molar-refractivity contribution in [3.05, 3.63) is 80.2 Å². The van der Waals surface area contributed by atoms with Crippen LogP contribution in [0.2, 0.25) is 5.02 Å². The zero-order valence-electron chi connectivity index (χ0n) is 20.1. The number of rotatable bonds is 8. The van der Waals surface area contributed by atoms with Crippen LogP contribution in [-0.4, -0.2) is 52.9 Å². The molecular weight excluding hydrogens is 546 g/mol. The van der Waals surface area contributed by atoms with Crippen molar-refractivity contribution in [2.75, 3.05) is 31.6 Å². The van der Waals surface area contributed by atoms with E-state index in [0.717, 1.165) is 11.3 Å². The Morgan fingerprint density at radius 1 is 1.31 bits per heavy atom. The van der Waals surface area contributed by atoms with Gasteiger partial charge in [-0.1, -0.05) is 36.7 Å². The number of hydrogen-bond acceptors (Lipinski definition) is 5. The summed E-state index contributed by atoms with van der Waals surface area (Å²) in [5.74, 6) is -0.283. The number of fused-ring (bicyclic) bond motifs is 1. The third-order valence-electron chi connectivity index (χ3n) is 6.15. The van der Waals surface area contributed by atoms with E-state index in [1.807, 2.05) is 11.9 Å². The first-order chi connectivity index (χ1) is 17.2. The van der Waals surface area contributed by atoms with Gasteiger partial charge in [0.25, 0.3) is 11.5 Å². The molecule has 1 aliphatic heterocycles. The maximum Gasteiger partial charge on any atom is 0.265 e. The fourth-order valence-electron chi connectivity index (χ4n) is 4.28. The molecule has 36 heavy (non-hydrogen) atoms. The highest BCUT2D eigenvalue weighted by molar-refractivity contribution is 9.10. The Morgan fingerprint density at radius 3 is 2.64 bits per heavy atom. The number of nitrogens with one attached hydrogen (secondary N) is 1. The van der Waals surface area contributed by atoms with Gasteiger partial charge in [0.1, 0.15) is 17.8 Å². The van der Waals surface area contributed by atoms with Gasteiger partial charge in [0.05, 0.1) is 10.2 Å². The Morgan fingerprint density at radius 2 is 2.00 bits per heavy atom. The fourth-order valence-corrected chi connectivity index (χ4v) is 5.02. The summed E-state index contributed by atoms with van der Waals surface area (Å²) in [6.07, 6.45) is 3.35. The lowest BCUT2D eigenvalue weighted by molar-refractivity contribution is -0.137. The minimum Gasteiger partial charge on any atom is -0.369 e. The average molecular weight is 573 g/mol. The molecule has 0 bridgehead atoms. The van der Waals surface area contributed by atoms with Crippen molar-refractivity contribution < 1.29 is 9.59 Å². The normalized spacial score (nSPS) is 13.4. The van der Waals surface area contributed by atoms with Crippen molar-refractivity contribution in [2.24, 2.45) is 5.92 Å². The molecule has 1 aromatic carbocycles. The molecule has 0 atom stereocenters. The molecule has 1 N–H and O–H groups in total. The highest BCUT2D eigenvalue weighted by Crippen LogP contribution is 2.33. The van der Waals surface area contributed by atoms with E-state index < -0.39 is 11.5 Å². The monoisotopic (exact) mass is 571 g/mol. The van der Waals surface area contributed by atoms with Crippen LogP contribution in [0.15, 0.2) is 58.5 Å². The molecule has 188 valence electrons. The van der Waals surface area contributed by atoms with Crippen molar-refractivity contribution in [2.45, 2.75) is 20.0 Å². The van der Waals surface area contributed by atoms with E-state index in [1.54, 1.807) is 47.5 Å². The highest BCUT2D eigenvalue weighted by Gasteiger charge is 2.29. The first-order valence-corrected chi connectivity index (χ1v) is 12.7. The smallest absolute Gasteiger partial charge is 0.265 e. The molecular formula is C26H27BrClN5O3. The summed E-state index contributed by atoms with van der Waals surface area (Å²) in [6, 6.07) is 8.63. The minimum atomic E-state index is -0.565. The van der Waals surface area contributed by atoms with Gasteiger partial charge >= 0.3 is 0 Å². The van der Waals surface area contributed by atoms with E-state index in [0.29, 0.717) is 46.1 Å². The molecule has 0 saturated carbocycles. The predicted octanol–water partition coefficient (Wildman–Crippen LogP) is 3.84. The molecule has 0 spiro atoms. The van der Waals surface area contributed by atoms with Gasteiger partial charge in [-0.25, -0.2) is 4.98 Å². The number of aromatic nitrogens is 2. The number of likely N-dealkylation sites (N-methyl/N-ethyl adjacent to an activating group) is 1. The summed E-state index contributed by atoms with van der Waals surface area (Å²) >= 11 is 9.49. The average Bonchev–Trinajstić information content (AvgIpc) is 2.82. The van der Waals surface area contributed by atoms with E-state index >= 15 is 0 Å². The molecule has 4 rings (SSSR count). The van der Waals surface area contributed by atoms with Gasteiger partial charge in [-0.05, 0) is 45.6 Å². The first kappa shape index (κ1) is 25.9. The molecule has 2 aromatic heterocycles. The molecule has 0 aliphatic carbocycles. The number of carbonyl (C=O) groups is 2. The second-order valence-corrected chi connectivity index (χ2v) is 10.3. The summed E-state index contributed by atoms with van der Waals surface area (Å²) in [6.45, 7) is 7.73. The number of amides is 2. The van der Waals surface area contributed by atoms with Gasteiger partial charge < -0.3 is 15.1 Å². The van der Waals surface area contributed by atoms with Crippen LogP contribution in [-0.2, 0) is 17.9 Å². The summed E-state index contributed by atoms with van der Waals surface area (Å²) in [5, 5.41) is 3.98. The molecule has 0 radical (unpaired) electrons. The zero-order valence-corrected chi connectivity index (χ0v) is 22.5. The molecule has 8 nitrogen and oxygen atoms in total. The van der Waals surface area contributed by atoms with Crippen LogP contribution >= 0.6 is 27.5 Å². The largest absolute Gasteiger partial charge is 0.369 e. The number of likely N-dealkylation sites (tertiary alicyclic amines) is 1. The van der Waals surface area contributed by atoms with Crippen molar-refractivity contribution in [1.82, 2.24) is 19.8 Å². The third-order valence-corrected chi connectivity index (χ3v) is 6.98.